The van der Waals surface area contributed by atoms with Crippen LogP contribution < -0.4 is 11.3 Å². The van der Waals surface area contributed by atoms with Crippen LogP contribution >= 0.6 is 0 Å². The minimum Gasteiger partial charge on any atom is -0.271 e. The fraction of sp³-hybridized carbons (Fsp3) is 0.625. The maximum absolute atomic E-state index is 5.68. The van der Waals surface area contributed by atoms with Gasteiger partial charge in [0.05, 0.1) is 0 Å². The van der Waals surface area contributed by atoms with Gasteiger partial charge in [0.2, 0.25) is 0 Å². The minimum absolute atomic E-state index is 0.209. The molecule has 0 spiro atoms. The zero-order valence-electron chi connectivity index (χ0n) is 12.5. The van der Waals surface area contributed by atoms with Crippen LogP contribution in [0.2, 0.25) is 0 Å². The van der Waals surface area contributed by atoms with Crippen molar-refractivity contribution < 1.29 is 0 Å². The van der Waals surface area contributed by atoms with Crippen LogP contribution in [0, 0.1) is 5.92 Å². The molecule has 0 bridgehead atoms. The van der Waals surface area contributed by atoms with Gasteiger partial charge < -0.3 is 0 Å². The average Bonchev–Trinajstić information content (AvgIpc) is 2.34. The van der Waals surface area contributed by atoms with Crippen LogP contribution in [0.25, 0.3) is 0 Å². The lowest BCUT2D eigenvalue weighted by molar-refractivity contribution is 0.407. The highest BCUT2D eigenvalue weighted by atomic mass is 15.2. The average molecular weight is 248 g/mol. The summed E-state index contributed by atoms with van der Waals surface area (Å²) in [5, 5.41) is 0. The number of nitrogens with one attached hydrogen (secondary N) is 1. The molecular weight excluding hydrogens is 220 g/mol. The van der Waals surface area contributed by atoms with Gasteiger partial charge in [0.1, 0.15) is 0 Å². The Morgan fingerprint density at radius 2 is 1.72 bits per heavy atom. The van der Waals surface area contributed by atoms with Crippen molar-refractivity contribution in [3.8, 4) is 0 Å². The fourth-order valence-electron chi connectivity index (χ4n) is 2.08. The highest BCUT2D eigenvalue weighted by Gasteiger charge is 2.16. The molecule has 0 fully saturated rings. The monoisotopic (exact) mass is 248 g/mol. The molecule has 2 unspecified atom stereocenters. The molecule has 0 aliphatic carbocycles. The van der Waals surface area contributed by atoms with E-state index in [2.05, 4.69) is 64.3 Å². The second kappa shape index (κ2) is 6.35. The van der Waals surface area contributed by atoms with E-state index in [-0.39, 0.29) is 11.5 Å². The van der Waals surface area contributed by atoms with E-state index in [1.807, 2.05) is 0 Å². The van der Waals surface area contributed by atoms with E-state index >= 15 is 0 Å². The third-order valence-electron chi connectivity index (χ3n) is 3.72. The minimum atomic E-state index is 0.209. The normalized spacial score (nSPS) is 15.4. The number of hydrogen-bond acceptors (Lipinski definition) is 2. The quantitative estimate of drug-likeness (QED) is 0.612. The lowest BCUT2D eigenvalue weighted by Gasteiger charge is -2.23. The SMILES string of the molecule is CCC(C)CC(NN)c1ccc(C(C)(C)C)cc1. The van der Waals surface area contributed by atoms with E-state index in [0.717, 1.165) is 6.42 Å². The molecule has 0 aliphatic rings. The maximum atomic E-state index is 5.68. The van der Waals surface area contributed by atoms with Gasteiger partial charge in [-0.1, -0.05) is 65.3 Å². The smallest absolute Gasteiger partial charge is 0.0462 e. The Kier molecular flexibility index (Phi) is 5.36. The summed E-state index contributed by atoms with van der Waals surface area (Å²) in [6.07, 6.45) is 2.28. The maximum Gasteiger partial charge on any atom is 0.0462 e. The molecule has 3 N–H and O–H groups in total. The molecule has 0 aromatic heterocycles. The van der Waals surface area contributed by atoms with Crippen LogP contribution in [-0.4, -0.2) is 0 Å². The number of rotatable bonds is 5. The first-order chi connectivity index (χ1) is 8.38. The van der Waals surface area contributed by atoms with Crippen LogP contribution in [0.4, 0.5) is 0 Å². The first kappa shape index (κ1) is 15.2. The first-order valence-electron chi connectivity index (χ1n) is 6.95. The van der Waals surface area contributed by atoms with Crippen LogP contribution in [0.1, 0.15) is 64.6 Å². The summed E-state index contributed by atoms with van der Waals surface area (Å²) in [7, 11) is 0. The summed E-state index contributed by atoms with van der Waals surface area (Å²) >= 11 is 0. The molecular formula is C16H28N2. The number of benzene rings is 1. The van der Waals surface area contributed by atoms with Crippen molar-refractivity contribution in [2.24, 2.45) is 11.8 Å². The Hall–Kier alpha value is -0.860. The third-order valence-corrected chi connectivity index (χ3v) is 3.72. The van der Waals surface area contributed by atoms with Gasteiger partial charge in [0.25, 0.3) is 0 Å². The Morgan fingerprint density at radius 1 is 1.17 bits per heavy atom. The van der Waals surface area contributed by atoms with Crippen LogP contribution in [0.5, 0.6) is 0 Å². The molecule has 1 rings (SSSR count). The number of hydrogen-bond donors (Lipinski definition) is 2. The summed E-state index contributed by atoms with van der Waals surface area (Å²) in [4.78, 5) is 0. The van der Waals surface area contributed by atoms with E-state index in [1.54, 1.807) is 0 Å². The van der Waals surface area contributed by atoms with Crippen molar-refractivity contribution in [2.75, 3.05) is 0 Å². The Balaban J connectivity index is 2.82. The standard InChI is InChI=1S/C16H28N2/c1-6-12(2)11-15(18-17)13-7-9-14(10-8-13)16(3,4)5/h7-10,12,15,18H,6,11,17H2,1-5H3. The number of hydrazine groups is 1. The van der Waals surface area contributed by atoms with Gasteiger partial charge in [-0.05, 0) is 28.9 Å². The molecule has 2 atom stereocenters. The predicted molar refractivity (Wildman–Crippen MR) is 79.3 cm³/mol. The summed E-state index contributed by atoms with van der Waals surface area (Å²) in [5.41, 5.74) is 5.80. The predicted octanol–water partition coefficient (Wildman–Crippen LogP) is 3.92. The second-order valence-corrected chi connectivity index (χ2v) is 6.34. The van der Waals surface area contributed by atoms with Crippen molar-refractivity contribution in [1.82, 2.24) is 5.43 Å². The topological polar surface area (TPSA) is 38.0 Å². The second-order valence-electron chi connectivity index (χ2n) is 6.34. The molecule has 2 nitrogen and oxygen atoms in total. The van der Waals surface area contributed by atoms with E-state index < -0.39 is 0 Å². The summed E-state index contributed by atoms with van der Waals surface area (Å²) in [6, 6.07) is 9.10. The highest BCUT2D eigenvalue weighted by molar-refractivity contribution is 5.29. The van der Waals surface area contributed by atoms with Crippen molar-refractivity contribution >= 4 is 0 Å². The zero-order chi connectivity index (χ0) is 13.8. The largest absolute Gasteiger partial charge is 0.271 e. The van der Waals surface area contributed by atoms with E-state index in [0.29, 0.717) is 5.92 Å². The zero-order valence-corrected chi connectivity index (χ0v) is 12.5. The molecule has 0 saturated carbocycles. The highest BCUT2D eigenvalue weighted by Crippen LogP contribution is 2.26. The van der Waals surface area contributed by atoms with Crippen molar-refractivity contribution in [2.45, 2.75) is 58.9 Å². The molecule has 0 saturated heterocycles. The molecule has 102 valence electrons. The van der Waals surface area contributed by atoms with Crippen LogP contribution in [-0.2, 0) is 5.41 Å². The van der Waals surface area contributed by atoms with Gasteiger partial charge in [-0.15, -0.1) is 0 Å². The van der Waals surface area contributed by atoms with Gasteiger partial charge in [0, 0.05) is 6.04 Å². The summed E-state index contributed by atoms with van der Waals surface area (Å²) < 4.78 is 0. The van der Waals surface area contributed by atoms with E-state index in [9.17, 15) is 0 Å². The van der Waals surface area contributed by atoms with Gasteiger partial charge >= 0.3 is 0 Å². The number of nitrogens with two attached hydrogens (primary N) is 1. The van der Waals surface area contributed by atoms with Gasteiger partial charge in [-0.2, -0.15) is 0 Å². The van der Waals surface area contributed by atoms with Gasteiger partial charge in [-0.25, -0.2) is 0 Å². The molecule has 0 heterocycles. The summed E-state index contributed by atoms with van der Waals surface area (Å²) in [6.45, 7) is 11.2. The van der Waals surface area contributed by atoms with E-state index in [1.165, 1.54) is 17.5 Å². The van der Waals surface area contributed by atoms with Crippen LogP contribution in [0.3, 0.4) is 0 Å². The Morgan fingerprint density at radius 3 is 2.11 bits per heavy atom. The first-order valence-corrected chi connectivity index (χ1v) is 6.95. The lowest BCUT2D eigenvalue weighted by atomic mass is 9.85. The molecule has 0 radical (unpaired) electrons. The fourth-order valence-corrected chi connectivity index (χ4v) is 2.08. The third kappa shape index (κ3) is 4.11. The molecule has 0 amide bonds. The summed E-state index contributed by atoms with van der Waals surface area (Å²) in [5.74, 6) is 6.37. The molecule has 18 heavy (non-hydrogen) atoms. The van der Waals surface area contributed by atoms with Gasteiger partial charge in [-0.3, -0.25) is 11.3 Å². The molecule has 0 aliphatic heterocycles. The van der Waals surface area contributed by atoms with Gasteiger partial charge in [0.15, 0.2) is 0 Å². The van der Waals surface area contributed by atoms with Crippen molar-refractivity contribution in [3.63, 3.8) is 0 Å². The molecule has 1 aromatic rings. The lowest BCUT2D eigenvalue weighted by Crippen LogP contribution is -2.29. The Labute approximate surface area is 112 Å². The van der Waals surface area contributed by atoms with Crippen LogP contribution in [0.15, 0.2) is 24.3 Å². The van der Waals surface area contributed by atoms with E-state index in [4.69, 9.17) is 5.84 Å². The van der Waals surface area contributed by atoms with Crippen molar-refractivity contribution in [3.05, 3.63) is 35.4 Å². The van der Waals surface area contributed by atoms with Crippen molar-refractivity contribution in [1.29, 1.82) is 0 Å². The molecule has 2 heteroatoms. The Bertz CT molecular complexity index is 348. The molecule has 1 aromatic carbocycles.